The summed E-state index contributed by atoms with van der Waals surface area (Å²) in [6.45, 7) is 0.527. The number of anilines is 1. The van der Waals surface area contributed by atoms with Gasteiger partial charge in [-0.05, 0) is 41.3 Å². The Balaban J connectivity index is 1.72. The van der Waals surface area contributed by atoms with Crippen molar-refractivity contribution in [1.29, 1.82) is 0 Å². The highest BCUT2D eigenvalue weighted by atomic mass is 35.5. The first-order chi connectivity index (χ1) is 14.6. The van der Waals surface area contributed by atoms with Crippen molar-refractivity contribution in [2.45, 2.75) is 12.5 Å². The zero-order valence-corrected chi connectivity index (χ0v) is 17.2. The molecular formula is C24H21ClN2O3. The van der Waals surface area contributed by atoms with E-state index >= 15 is 0 Å². The van der Waals surface area contributed by atoms with Crippen molar-refractivity contribution in [1.82, 2.24) is 4.90 Å². The first-order valence-corrected chi connectivity index (χ1v) is 10.0. The van der Waals surface area contributed by atoms with Crippen molar-refractivity contribution >= 4 is 29.3 Å². The van der Waals surface area contributed by atoms with Gasteiger partial charge < -0.3 is 15.0 Å². The van der Waals surface area contributed by atoms with E-state index in [4.69, 9.17) is 16.3 Å². The minimum atomic E-state index is -0.502. The number of benzene rings is 3. The summed E-state index contributed by atoms with van der Waals surface area (Å²) in [5, 5.41) is 3.49. The van der Waals surface area contributed by atoms with Crippen LogP contribution in [-0.4, -0.2) is 30.6 Å². The summed E-state index contributed by atoms with van der Waals surface area (Å²) in [5.74, 6) is -0.502. The number of para-hydroxylation sites is 1. The van der Waals surface area contributed by atoms with Gasteiger partial charge in [-0.25, -0.2) is 9.59 Å². The Labute approximate surface area is 180 Å². The number of rotatable bonds is 3. The molecule has 1 N–H and O–H groups in total. The van der Waals surface area contributed by atoms with E-state index in [1.165, 1.54) is 12.7 Å². The lowest BCUT2D eigenvalue weighted by atomic mass is 9.88. The predicted molar refractivity (Wildman–Crippen MR) is 117 cm³/mol. The Morgan fingerprint density at radius 2 is 1.63 bits per heavy atom. The van der Waals surface area contributed by atoms with Crippen LogP contribution in [-0.2, 0) is 11.2 Å². The second-order valence-corrected chi connectivity index (χ2v) is 7.44. The number of halogens is 1. The number of fused-ring (bicyclic) bond motifs is 1. The summed E-state index contributed by atoms with van der Waals surface area (Å²) in [7, 11) is 1.32. The van der Waals surface area contributed by atoms with Crippen LogP contribution in [0.25, 0.3) is 0 Å². The van der Waals surface area contributed by atoms with Gasteiger partial charge in [-0.15, -0.1) is 0 Å². The second-order valence-electron chi connectivity index (χ2n) is 7.03. The minimum absolute atomic E-state index is 0.300. The first-order valence-electron chi connectivity index (χ1n) is 9.67. The Hall–Kier alpha value is -3.31. The molecule has 1 atom stereocenters. The number of hydrogen-bond acceptors (Lipinski definition) is 3. The molecule has 3 aromatic rings. The number of carbonyl (C=O) groups is 2. The van der Waals surface area contributed by atoms with E-state index in [-0.39, 0.29) is 12.1 Å². The molecule has 30 heavy (non-hydrogen) atoms. The van der Waals surface area contributed by atoms with Crippen LogP contribution in [0.1, 0.15) is 33.1 Å². The topological polar surface area (TPSA) is 58.6 Å². The summed E-state index contributed by atoms with van der Waals surface area (Å²) >= 11 is 6.52. The number of urea groups is 1. The van der Waals surface area contributed by atoms with Crippen LogP contribution in [0.4, 0.5) is 10.5 Å². The van der Waals surface area contributed by atoms with Crippen LogP contribution in [0.2, 0.25) is 5.02 Å². The molecule has 0 saturated carbocycles. The third-order valence-corrected chi connectivity index (χ3v) is 5.66. The van der Waals surface area contributed by atoms with Crippen molar-refractivity contribution < 1.29 is 14.3 Å². The fraction of sp³-hybridized carbons (Fsp3) is 0.167. The Bertz CT molecular complexity index is 1100. The van der Waals surface area contributed by atoms with Crippen molar-refractivity contribution in [2.75, 3.05) is 19.0 Å². The van der Waals surface area contributed by atoms with Gasteiger partial charge >= 0.3 is 12.0 Å². The molecule has 152 valence electrons. The Morgan fingerprint density at radius 3 is 2.40 bits per heavy atom. The average Bonchev–Trinajstić information content (AvgIpc) is 2.78. The highest BCUT2D eigenvalue weighted by molar-refractivity contribution is 6.31. The molecule has 0 radical (unpaired) electrons. The number of nitrogens with one attached hydrogen (secondary N) is 1. The van der Waals surface area contributed by atoms with E-state index in [9.17, 15) is 9.59 Å². The summed E-state index contributed by atoms with van der Waals surface area (Å²) < 4.78 is 4.84. The van der Waals surface area contributed by atoms with Crippen LogP contribution in [0, 0.1) is 0 Å². The number of carbonyl (C=O) groups excluding carboxylic acids is 2. The third kappa shape index (κ3) is 3.76. The smallest absolute Gasteiger partial charge is 0.339 e. The molecule has 0 spiro atoms. The third-order valence-electron chi connectivity index (χ3n) is 5.32. The maximum Gasteiger partial charge on any atom is 0.339 e. The maximum absolute atomic E-state index is 13.4. The molecule has 1 aliphatic heterocycles. The molecule has 1 aliphatic rings. The van der Waals surface area contributed by atoms with E-state index in [0.717, 1.165) is 17.5 Å². The van der Waals surface area contributed by atoms with Crippen molar-refractivity contribution in [3.05, 3.63) is 100 Å². The summed E-state index contributed by atoms with van der Waals surface area (Å²) in [6.07, 6.45) is 0.739. The lowest BCUT2D eigenvalue weighted by molar-refractivity contribution is 0.0602. The van der Waals surface area contributed by atoms with E-state index in [1.54, 1.807) is 29.2 Å². The van der Waals surface area contributed by atoms with Gasteiger partial charge in [0.1, 0.15) is 0 Å². The van der Waals surface area contributed by atoms with E-state index < -0.39 is 5.97 Å². The van der Waals surface area contributed by atoms with Crippen molar-refractivity contribution in [3.63, 3.8) is 0 Å². The Morgan fingerprint density at radius 1 is 0.967 bits per heavy atom. The monoisotopic (exact) mass is 420 g/mol. The zero-order valence-electron chi connectivity index (χ0n) is 16.5. The van der Waals surface area contributed by atoms with Crippen LogP contribution in [0.15, 0.2) is 72.8 Å². The van der Waals surface area contributed by atoms with Crippen LogP contribution >= 0.6 is 11.6 Å². The van der Waals surface area contributed by atoms with E-state index in [2.05, 4.69) is 11.4 Å². The van der Waals surface area contributed by atoms with Gasteiger partial charge in [-0.1, -0.05) is 66.2 Å². The fourth-order valence-corrected chi connectivity index (χ4v) is 4.12. The highest BCUT2D eigenvalue weighted by Gasteiger charge is 2.33. The number of hydrogen-bond donors (Lipinski definition) is 1. The van der Waals surface area contributed by atoms with Gasteiger partial charge in [0, 0.05) is 11.6 Å². The number of nitrogens with zero attached hydrogens (tertiary/aromatic N) is 1. The molecule has 6 heteroatoms. The molecule has 0 unspecified atom stereocenters. The number of amides is 2. The van der Waals surface area contributed by atoms with Gasteiger partial charge in [0.25, 0.3) is 0 Å². The number of methoxy groups -OCH3 is 1. The molecule has 0 saturated heterocycles. The van der Waals surface area contributed by atoms with Crippen LogP contribution < -0.4 is 5.32 Å². The molecule has 5 nitrogen and oxygen atoms in total. The van der Waals surface area contributed by atoms with E-state index in [1.807, 2.05) is 42.5 Å². The number of esters is 1. The van der Waals surface area contributed by atoms with E-state index in [0.29, 0.717) is 22.8 Å². The lowest BCUT2D eigenvalue weighted by Crippen LogP contribution is -2.43. The average molecular weight is 421 g/mol. The number of ether oxygens (including phenoxy) is 1. The first kappa shape index (κ1) is 20.0. The minimum Gasteiger partial charge on any atom is -0.465 e. The molecule has 4 rings (SSSR count). The molecule has 1 heterocycles. The quantitative estimate of drug-likeness (QED) is 0.584. The van der Waals surface area contributed by atoms with Gasteiger partial charge in [0.2, 0.25) is 0 Å². The normalized spacial score (nSPS) is 15.3. The maximum atomic E-state index is 13.4. The highest BCUT2D eigenvalue weighted by Crippen LogP contribution is 2.38. The Kier molecular flexibility index (Phi) is 5.72. The van der Waals surface area contributed by atoms with Gasteiger partial charge in [0.15, 0.2) is 0 Å². The SMILES string of the molecule is COC(=O)c1ccccc1NC(=O)N1CCc2ccccc2[C@H]1c1ccccc1Cl. The van der Waals surface area contributed by atoms with Crippen molar-refractivity contribution in [3.8, 4) is 0 Å². The van der Waals surface area contributed by atoms with Gasteiger partial charge in [-0.3, -0.25) is 0 Å². The molecule has 2 amide bonds. The zero-order chi connectivity index (χ0) is 21.1. The predicted octanol–water partition coefficient (Wildman–Crippen LogP) is 5.31. The molecule has 3 aromatic carbocycles. The summed E-state index contributed by atoms with van der Waals surface area (Å²) in [4.78, 5) is 27.2. The summed E-state index contributed by atoms with van der Waals surface area (Å²) in [6, 6.07) is 21.8. The van der Waals surface area contributed by atoms with Gasteiger partial charge in [0.05, 0.1) is 24.4 Å². The fourth-order valence-electron chi connectivity index (χ4n) is 3.88. The molecule has 0 aliphatic carbocycles. The molecule has 0 bridgehead atoms. The molecule has 0 fully saturated rings. The second kappa shape index (κ2) is 8.59. The molecular weight excluding hydrogens is 400 g/mol. The van der Waals surface area contributed by atoms with Crippen LogP contribution in [0.5, 0.6) is 0 Å². The van der Waals surface area contributed by atoms with Crippen molar-refractivity contribution in [2.24, 2.45) is 0 Å². The van der Waals surface area contributed by atoms with Gasteiger partial charge in [-0.2, -0.15) is 0 Å². The lowest BCUT2D eigenvalue weighted by Gasteiger charge is -2.38. The largest absolute Gasteiger partial charge is 0.465 e. The van der Waals surface area contributed by atoms with Crippen LogP contribution in [0.3, 0.4) is 0 Å². The standard InChI is InChI=1S/C24H21ClN2O3/c1-30-23(28)19-11-5-7-13-21(19)26-24(29)27-15-14-16-8-2-3-9-17(16)22(27)18-10-4-6-12-20(18)25/h2-13,22H,14-15H2,1H3,(H,26,29)/t22-/m0/s1. The summed E-state index contributed by atoms with van der Waals surface area (Å²) in [5.41, 5.74) is 3.82. The molecule has 0 aromatic heterocycles.